The van der Waals surface area contributed by atoms with Crippen molar-refractivity contribution in [3.8, 4) is 11.4 Å². The maximum absolute atomic E-state index is 13.6. The van der Waals surface area contributed by atoms with Gasteiger partial charge < -0.3 is 15.0 Å². The average molecular weight is 378 g/mol. The molecule has 4 rings (SSSR count). The molecule has 28 heavy (non-hydrogen) atoms. The van der Waals surface area contributed by atoms with Crippen LogP contribution in [0, 0.1) is 5.82 Å². The van der Waals surface area contributed by atoms with E-state index >= 15 is 0 Å². The van der Waals surface area contributed by atoms with Crippen LogP contribution in [0.2, 0.25) is 0 Å². The largest absolute Gasteiger partial charge is 0.478 e. The Balaban J connectivity index is 1.97. The van der Waals surface area contributed by atoms with Crippen LogP contribution < -0.4 is 4.90 Å². The summed E-state index contributed by atoms with van der Waals surface area (Å²) < 4.78 is 13.6. The van der Waals surface area contributed by atoms with E-state index in [0.717, 1.165) is 16.6 Å². The monoisotopic (exact) mass is 378 g/mol. The topological polar surface area (TPSA) is 82.1 Å². The molecule has 2 N–H and O–H groups in total. The quantitative estimate of drug-likeness (QED) is 0.548. The van der Waals surface area contributed by atoms with Gasteiger partial charge in [-0.15, -0.1) is 0 Å². The predicted octanol–water partition coefficient (Wildman–Crippen LogP) is 4.46. The van der Waals surface area contributed by atoms with E-state index in [4.69, 9.17) is 9.97 Å². The van der Waals surface area contributed by atoms with Crippen LogP contribution in [0.5, 0.6) is 0 Å². The molecule has 0 saturated heterocycles. The number of carboxylic acids is 1. The second kappa shape index (κ2) is 6.60. The molecule has 6 nitrogen and oxygen atoms in total. The van der Waals surface area contributed by atoms with Crippen LogP contribution >= 0.6 is 0 Å². The van der Waals surface area contributed by atoms with Crippen molar-refractivity contribution in [1.82, 2.24) is 15.0 Å². The second-order valence-electron chi connectivity index (χ2n) is 7.02. The Morgan fingerprint density at radius 1 is 1.11 bits per heavy atom. The zero-order valence-electron chi connectivity index (χ0n) is 15.7. The number of benzene rings is 2. The molecule has 0 bridgehead atoms. The summed E-state index contributed by atoms with van der Waals surface area (Å²) in [7, 11) is 1.91. The molecule has 2 aromatic carbocycles. The van der Waals surface area contributed by atoms with Crippen LogP contribution in [0.3, 0.4) is 0 Å². The number of anilines is 1. The van der Waals surface area contributed by atoms with E-state index in [1.165, 1.54) is 24.3 Å². The molecule has 0 saturated carbocycles. The SMILES string of the molecule is CC(C)N(C)c1nc2cc(C(=O)O)ccc2nc1-c1cc2cc(F)ccc2[nH]1. The normalized spacial score (nSPS) is 11.5. The first kappa shape index (κ1) is 17.9. The Kier molecular flexibility index (Phi) is 4.22. The van der Waals surface area contributed by atoms with Crippen molar-refractivity contribution >= 4 is 33.7 Å². The van der Waals surface area contributed by atoms with Gasteiger partial charge in [-0.2, -0.15) is 0 Å². The molecular formula is C21H19FN4O2. The third-order valence-corrected chi connectivity index (χ3v) is 4.84. The van der Waals surface area contributed by atoms with Crippen LogP contribution in [-0.4, -0.2) is 39.1 Å². The van der Waals surface area contributed by atoms with Gasteiger partial charge in [0.2, 0.25) is 0 Å². The molecule has 0 unspecified atom stereocenters. The lowest BCUT2D eigenvalue weighted by atomic mass is 10.1. The Labute approximate surface area is 160 Å². The number of halogens is 1. The molecule has 0 amide bonds. The van der Waals surface area contributed by atoms with E-state index in [2.05, 4.69) is 4.98 Å². The lowest BCUT2D eigenvalue weighted by molar-refractivity contribution is 0.0697. The van der Waals surface area contributed by atoms with Gasteiger partial charge in [-0.25, -0.2) is 19.2 Å². The van der Waals surface area contributed by atoms with E-state index in [1.807, 2.05) is 31.9 Å². The number of fused-ring (bicyclic) bond motifs is 2. The van der Waals surface area contributed by atoms with Crippen LogP contribution in [-0.2, 0) is 0 Å². The summed E-state index contributed by atoms with van der Waals surface area (Å²) in [5.74, 6) is -0.690. The molecule has 142 valence electrons. The van der Waals surface area contributed by atoms with E-state index < -0.39 is 5.97 Å². The lowest BCUT2D eigenvalue weighted by Crippen LogP contribution is -2.27. The van der Waals surface area contributed by atoms with Gasteiger partial charge in [-0.05, 0) is 56.3 Å². The van der Waals surface area contributed by atoms with Gasteiger partial charge in [-0.3, -0.25) is 0 Å². The summed E-state index contributed by atoms with van der Waals surface area (Å²) in [6, 6.07) is 11.2. The number of hydrogen-bond acceptors (Lipinski definition) is 4. The highest BCUT2D eigenvalue weighted by atomic mass is 19.1. The van der Waals surface area contributed by atoms with Crippen LogP contribution in [0.25, 0.3) is 33.3 Å². The number of nitrogens with zero attached hydrogens (tertiary/aromatic N) is 3. The second-order valence-corrected chi connectivity index (χ2v) is 7.02. The predicted molar refractivity (Wildman–Crippen MR) is 107 cm³/mol. The fourth-order valence-corrected chi connectivity index (χ4v) is 3.08. The molecule has 0 fully saturated rings. The number of aromatic amines is 1. The van der Waals surface area contributed by atoms with Crippen LogP contribution in [0.4, 0.5) is 10.2 Å². The summed E-state index contributed by atoms with van der Waals surface area (Å²) in [6.45, 7) is 4.06. The maximum atomic E-state index is 13.6. The fourth-order valence-electron chi connectivity index (χ4n) is 3.08. The number of aromatic carboxylic acids is 1. The van der Waals surface area contributed by atoms with Crippen molar-refractivity contribution in [2.45, 2.75) is 19.9 Å². The van der Waals surface area contributed by atoms with E-state index in [1.54, 1.807) is 12.1 Å². The van der Waals surface area contributed by atoms with Gasteiger partial charge in [0.05, 0.1) is 22.3 Å². The smallest absolute Gasteiger partial charge is 0.335 e. The van der Waals surface area contributed by atoms with Gasteiger partial charge in [0.1, 0.15) is 11.5 Å². The number of carbonyl (C=O) groups is 1. The summed E-state index contributed by atoms with van der Waals surface area (Å²) in [4.78, 5) is 26.0. The highest BCUT2D eigenvalue weighted by Gasteiger charge is 2.19. The third kappa shape index (κ3) is 3.05. The number of hydrogen-bond donors (Lipinski definition) is 2. The molecule has 0 aliphatic carbocycles. The average Bonchev–Trinajstić information content (AvgIpc) is 3.08. The molecule has 2 heterocycles. The first-order chi connectivity index (χ1) is 13.3. The van der Waals surface area contributed by atoms with Crippen molar-refractivity contribution in [2.24, 2.45) is 0 Å². The van der Waals surface area contributed by atoms with Gasteiger partial charge in [0, 0.05) is 24.0 Å². The number of rotatable bonds is 4. The van der Waals surface area contributed by atoms with Crippen LogP contribution in [0.1, 0.15) is 24.2 Å². The van der Waals surface area contributed by atoms with Crippen molar-refractivity contribution in [3.05, 3.63) is 53.8 Å². The maximum Gasteiger partial charge on any atom is 0.335 e. The third-order valence-electron chi connectivity index (χ3n) is 4.84. The van der Waals surface area contributed by atoms with E-state index in [0.29, 0.717) is 22.5 Å². The molecule has 0 atom stereocenters. The Morgan fingerprint density at radius 3 is 2.61 bits per heavy atom. The van der Waals surface area contributed by atoms with Gasteiger partial charge in [0.25, 0.3) is 0 Å². The zero-order chi connectivity index (χ0) is 20.0. The molecular weight excluding hydrogens is 359 g/mol. The Bertz CT molecular complexity index is 1220. The molecule has 0 aliphatic heterocycles. The first-order valence-electron chi connectivity index (χ1n) is 8.90. The number of nitrogens with one attached hydrogen (secondary N) is 1. The van der Waals surface area contributed by atoms with Gasteiger partial charge in [-0.1, -0.05) is 0 Å². The minimum Gasteiger partial charge on any atom is -0.478 e. The molecule has 2 aromatic heterocycles. The molecule has 0 spiro atoms. The summed E-state index contributed by atoms with van der Waals surface area (Å²) in [5, 5.41) is 10.00. The highest BCUT2D eigenvalue weighted by molar-refractivity contribution is 5.94. The number of carboxylic acid groups (broad SMARTS) is 1. The van der Waals surface area contributed by atoms with Crippen molar-refractivity contribution in [3.63, 3.8) is 0 Å². The van der Waals surface area contributed by atoms with E-state index in [9.17, 15) is 14.3 Å². The molecule has 0 radical (unpaired) electrons. The van der Waals surface area contributed by atoms with E-state index in [-0.39, 0.29) is 17.4 Å². The standard InChI is InChI=1S/C21H19FN4O2/c1-11(2)26(3)20-19(18-10-13-8-14(22)5-7-15(13)23-18)24-16-6-4-12(21(27)28)9-17(16)25-20/h4-11,23H,1-3H3,(H,27,28). The lowest BCUT2D eigenvalue weighted by Gasteiger charge is -2.24. The van der Waals surface area contributed by atoms with Crippen molar-refractivity contribution in [2.75, 3.05) is 11.9 Å². The summed E-state index contributed by atoms with van der Waals surface area (Å²) in [6.07, 6.45) is 0. The fraction of sp³-hybridized carbons (Fsp3) is 0.190. The Hall–Kier alpha value is -3.48. The van der Waals surface area contributed by atoms with Gasteiger partial charge >= 0.3 is 5.97 Å². The molecule has 4 aromatic rings. The number of aromatic nitrogens is 3. The van der Waals surface area contributed by atoms with Crippen molar-refractivity contribution < 1.29 is 14.3 Å². The van der Waals surface area contributed by atoms with Crippen molar-refractivity contribution in [1.29, 1.82) is 0 Å². The molecule has 0 aliphatic rings. The van der Waals surface area contributed by atoms with Gasteiger partial charge in [0.15, 0.2) is 5.82 Å². The minimum absolute atomic E-state index is 0.148. The first-order valence-corrected chi connectivity index (χ1v) is 8.90. The van der Waals surface area contributed by atoms with Crippen LogP contribution in [0.15, 0.2) is 42.5 Å². The minimum atomic E-state index is -1.01. The Morgan fingerprint density at radius 2 is 1.89 bits per heavy atom. The summed E-state index contributed by atoms with van der Waals surface area (Å²) in [5.41, 5.74) is 3.41. The zero-order valence-corrected chi connectivity index (χ0v) is 15.7. The summed E-state index contributed by atoms with van der Waals surface area (Å²) >= 11 is 0. The molecule has 7 heteroatoms. The highest BCUT2D eigenvalue weighted by Crippen LogP contribution is 2.32. The number of H-pyrrole nitrogens is 1.